The molecule has 0 aromatic carbocycles. The molecule has 0 amide bonds. The number of aryl methyl sites for hydroxylation is 1. The zero-order valence-electron chi connectivity index (χ0n) is 8.77. The first-order valence-electron chi connectivity index (χ1n) is 5.20. The predicted octanol–water partition coefficient (Wildman–Crippen LogP) is 2.71. The third kappa shape index (κ3) is 1.71. The number of pyridine rings is 1. The van der Waals surface area contributed by atoms with Gasteiger partial charge in [0.05, 0.1) is 5.56 Å². The summed E-state index contributed by atoms with van der Waals surface area (Å²) in [5, 5.41) is 9.94. The number of fused-ring (bicyclic) bond motifs is 1. The molecule has 3 nitrogen and oxygen atoms in total. The van der Waals surface area contributed by atoms with Gasteiger partial charge >= 0.3 is 0 Å². The Morgan fingerprint density at radius 2 is 2.40 bits per heavy atom. The van der Waals surface area contributed by atoms with E-state index in [9.17, 15) is 0 Å². The lowest BCUT2D eigenvalue weighted by atomic mass is 10.2. The molecule has 0 unspecified atom stereocenters. The average molecular weight is 199 g/mol. The van der Waals surface area contributed by atoms with Crippen LogP contribution in [0.4, 0.5) is 0 Å². The molecule has 76 valence electrons. The SMILES string of the molecule is CCCCn1cc(C#N)c2cccnc21. The van der Waals surface area contributed by atoms with Crippen molar-refractivity contribution in [2.45, 2.75) is 26.3 Å². The summed E-state index contributed by atoms with van der Waals surface area (Å²) in [6.07, 6.45) is 5.93. The normalized spacial score (nSPS) is 10.4. The van der Waals surface area contributed by atoms with E-state index in [2.05, 4.69) is 22.5 Å². The van der Waals surface area contributed by atoms with Gasteiger partial charge in [-0.25, -0.2) is 4.98 Å². The Bertz CT molecular complexity index is 505. The van der Waals surface area contributed by atoms with E-state index in [0.717, 1.165) is 30.4 Å². The highest BCUT2D eigenvalue weighted by Crippen LogP contribution is 2.18. The molecule has 2 aromatic heterocycles. The Morgan fingerprint density at radius 1 is 1.53 bits per heavy atom. The zero-order valence-corrected chi connectivity index (χ0v) is 8.77. The van der Waals surface area contributed by atoms with Crippen LogP contribution >= 0.6 is 0 Å². The van der Waals surface area contributed by atoms with E-state index in [4.69, 9.17) is 5.26 Å². The molecule has 15 heavy (non-hydrogen) atoms. The van der Waals surface area contributed by atoms with Crippen LogP contribution in [-0.4, -0.2) is 9.55 Å². The third-order valence-corrected chi connectivity index (χ3v) is 2.51. The smallest absolute Gasteiger partial charge is 0.141 e. The molecule has 0 N–H and O–H groups in total. The highest BCUT2D eigenvalue weighted by molar-refractivity contribution is 5.83. The second-order valence-electron chi connectivity index (χ2n) is 3.58. The second-order valence-corrected chi connectivity index (χ2v) is 3.58. The van der Waals surface area contributed by atoms with Crippen molar-refractivity contribution >= 4 is 11.0 Å². The van der Waals surface area contributed by atoms with Gasteiger partial charge in [-0.05, 0) is 18.6 Å². The fourth-order valence-electron chi connectivity index (χ4n) is 1.71. The summed E-state index contributed by atoms with van der Waals surface area (Å²) >= 11 is 0. The molecule has 0 saturated carbocycles. The number of nitriles is 1. The number of hydrogen-bond donors (Lipinski definition) is 0. The molecule has 3 heteroatoms. The van der Waals surface area contributed by atoms with E-state index >= 15 is 0 Å². The largest absolute Gasteiger partial charge is 0.331 e. The fraction of sp³-hybridized carbons (Fsp3) is 0.333. The second kappa shape index (κ2) is 4.14. The van der Waals surface area contributed by atoms with Crippen LogP contribution in [-0.2, 0) is 6.54 Å². The van der Waals surface area contributed by atoms with Crippen molar-refractivity contribution in [2.24, 2.45) is 0 Å². The molecule has 0 aliphatic carbocycles. The summed E-state index contributed by atoms with van der Waals surface area (Å²) in [4.78, 5) is 4.31. The first-order valence-corrected chi connectivity index (χ1v) is 5.20. The van der Waals surface area contributed by atoms with Gasteiger partial charge < -0.3 is 4.57 Å². The van der Waals surface area contributed by atoms with Crippen LogP contribution < -0.4 is 0 Å². The molecular weight excluding hydrogens is 186 g/mol. The maximum Gasteiger partial charge on any atom is 0.141 e. The number of rotatable bonds is 3. The summed E-state index contributed by atoms with van der Waals surface area (Å²) in [5.74, 6) is 0. The zero-order chi connectivity index (χ0) is 10.7. The number of hydrogen-bond acceptors (Lipinski definition) is 2. The molecule has 0 spiro atoms. The summed E-state index contributed by atoms with van der Waals surface area (Å²) in [6.45, 7) is 3.09. The van der Waals surface area contributed by atoms with E-state index in [1.165, 1.54) is 0 Å². The molecule has 2 aromatic rings. The monoisotopic (exact) mass is 199 g/mol. The Balaban J connectivity index is 2.51. The highest BCUT2D eigenvalue weighted by atomic mass is 15.0. The standard InChI is InChI=1S/C12H13N3/c1-2-3-7-15-9-10(8-13)11-5-4-6-14-12(11)15/h4-6,9H,2-3,7H2,1H3. The molecule has 0 fully saturated rings. The van der Waals surface area contributed by atoms with Gasteiger partial charge in [-0.3, -0.25) is 0 Å². The lowest BCUT2D eigenvalue weighted by Crippen LogP contribution is -1.96. The van der Waals surface area contributed by atoms with E-state index in [1.54, 1.807) is 6.20 Å². The summed E-state index contributed by atoms with van der Waals surface area (Å²) < 4.78 is 2.07. The molecular formula is C12H13N3. The minimum Gasteiger partial charge on any atom is -0.331 e. The van der Waals surface area contributed by atoms with Crippen LogP contribution in [0.25, 0.3) is 11.0 Å². The quantitative estimate of drug-likeness (QED) is 0.762. The Kier molecular flexibility index (Phi) is 2.68. The van der Waals surface area contributed by atoms with Gasteiger partial charge in [0.1, 0.15) is 11.7 Å². The Morgan fingerprint density at radius 3 is 3.13 bits per heavy atom. The van der Waals surface area contributed by atoms with Crippen LogP contribution in [0.3, 0.4) is 0 Å². The van der Waals surface area contributed by atoms with Gasteiger partial charge in [-0.15, -0.1) is 0 Å². The molecule has 2 heterocycles. The summed E-state index contributed by atoms with van der Waals surface area (Å²) in [7, 11) is 0. The van der Waals surface area contributed by atoms with Crippen LogP contribution in [0, 0.1) is 11.3 Å². The van der Waals surface area contributed by atoms with Gasteiger partial charge in [0.25, 0.3) is 0 Å². The Labute approximate surface area is 89.0 Å². The molecule has 0 atom stereocenters. The first-order chi connectivity index (χ1) is 7.36. The summed E-state index contributed by atoms with van der Waals surface area (Å²) in [6, 6.07) is 6.02. The molecule has 0 radical (unpaired) electrons. The van der Waals surface area contributed by atoms with Crippen molar-refractivity contribution in [3.63, 3.8) is 0 Å². The van der Waals surface area contributed by atoms with E-state index in [-0.39, 0.29) is 0 Å². The van der Waals surface area contributed by atoms with Crippen LogP contribution in [0.2, 0.25) is 0 Å². The Hall–Kier alpha value is -1.82. The summed E-state index contributed by atoms with van der Waals surface area (Å²) in [5.41, 5.74) is 1.64. The average Bonchev–Trinajstić information content (AvgIpc) is 2.65. The van der Waals surface area contributed by atoms with Crippen molar-refractivity contribution in [3.8, 4) is 6.07 Å². The van der Waals surface area contributed by atoms with Gasteiger partial charge in [-0.1, -0.05) is 13.3 Å². The molecule has 0 aliphatic rings. The number of nitrogens with zero attached hydrogens (tertiary/aromatic N) is 3. The van der Waals surface area contributed by atoms with Gasteiger partial charge in [0.2, 0.25) is 0 Å². The highest BCUT2D eigenvalue weighted by Gasteiger charge is 2.07. The van der Waals surface area contributed by atoms with Crippen molar-refractivity contribution in [2.75, 3.05) is 0 Å². The maximum absolute atomic E-state index is 8.98. The minimum absolute atomic E-state index is 0.717. The fourth-order valence-corrected chi connectivity index (χ4v) is 1.71. The van der Waals surface area contributed by atoms with E-state index in [1.807, 2.05) is 18.3 Å². The van der Waals surface area contributed by atoms with Gasteiger partial charge in [-0.2, -0.15) is 5.26 Å². The van der Waals surface area contributed by atoms with E-state index < -0.39 is 0 Å². The van der Waals surface area contributed by atoms with E-state index in [0.29, 0.717) is 5.56 Å². The predicted molar refractivity (Wildman–Crippen MR) is 59.4 cm³/mol. The van der Waals surface area contributed by atoms with Crippen molar-refractivity contribution < 1.29 is 0 Å². The van der Waals surface area contributed by atoms with Crippen LogP contribution in [0.1, 0.15) is 25.3 Å². The van der Waals surface area contributed by atoms with Crippen LogP contribution in [0.5, 0.6) is 0 Å². The molecule has 0 saturated heterocycles. The lowest BCUT2D eigenvalue weighted by molar-refractivity contribution is 0.646. The third-order valence-electron chi connectivity index (χ3n) is 2.51. The van der Waals surface area contributed by atoms with Crippen molar-refractivity contribution in [1.82, 2.24) is 9.55 Å². The van der Waals surface area contributed by atoms with Gasteiger partial charge in [0.15, 0.2) is 0 Å². The first kappa shape index (κ1) is 9.72. The maximum atomic E-state index is 8.98. The lowest BCUT2D eigenvalue weighted by Gasteiger charge is -2.01. The van der Waals surface area contributed by atoms with Crippen molar-refractivity contribution in [3.05, 3.63) is 30.1 Å². The topological polar surface area (TPSA) is 41.6 Å². The van der Waals surface area contributed by atoms with Crippen LogP contribution in [0.15, 0.2) is 24.5 Å². The molecule has 2 rings (SSSR count). The number of unbranched alkanes of at least 4 members (excludes halogenated alkanes) is 1. The van der Waals surface area contributed by atoms with Crippen molar-refractivity contribution in [1.29, 1.82) is 5.26 Å². The van der Waals surface area contributed by atoms with Gasteiger partial charge in [0, 0.05) is 24.3 Å². The molecule has 0 aliphatic heterocycles. The number of aromatic nitrogens is 2. The molecule has 0 bridgehead atoms. The minimum atomic E-state index is 0.717.